The number of carbonyl (C=O) groups excluding carboxylic acids is 1. The Balaban J connectivity index is 1.46. The minimum absolute atomic E-state index is 0.0734. The molecule has 1 saturated heterocycles. The lowest BCUT2D eigenvalue weighted by Gasteiger charge is -2.37. The predicted molar refractivity (Wildman–Crippen MR) is 147 cm³/mol. The Labute approximate surface area is 228 Å². The van der Waals surface area contributed by atoms with E-state index >= 15 is 0 Å². The highest BCUT2D eigenvalue weighted by Gasteiger charge is 2.35. The van der Waals surface area contributed by atoms with E-state index in [9.17, 15) is 26.4 Å². The van der Waals surface area contributed by atoms with E-state index in [1.807, 2.05) is 24.3 Å². The van der Waals surface area contributed by atoms with Crippen molar-refractivity contribution in [2.45, 2.75) is 49.9 Å². The van der Waals surface area contributed by atoms with Crippen molar-refractivity contribution in [2.24, 2.45) is 0 Å². The van der Waals surface area contributed by atoms with Crippen molar-refractivity contribution in [1.82, 2.24) is 4.90 Å². The molecule has 0 aromatic heterocycles. The molecule has 0 aliphatic carbocycles. The van der Waals surface area contributed by atoms with Gasteiger partial charge in [0.05, 0.1) is 16.2 Å². The van der Waals surface area contributed by atoms with E-state index in [-0.39, 0.29) is 54.0 Å². The Bertz CT molecular complexity index is 1410. The number of rotatable bonds is 8. The maximum Gasteiger partial charge on any atom is 0.418 e. The Kier molecular flexibility index (Phi) is 8.69. The Morgan fingerprint density at radius 1 is 0.897 bits per heavy atom. The number of piperazine rings is 1. The van der Waals surface area contributed by atoms with E-state index in [0.29, 0.717) is 11.1 Å². The molecule has 0 unspecified atom stereocenters. The number of amides is 1. The lowest BCUT2D eigenvalue weighted by molar-refractivity contribution is -0.137. The lowest BCUT2D eigenvalue weighted by Crippen LogP contribution is -2.49. The third-order valence-corrected chi connectivity index (χ3v) is 8.80. The normalized spacial score (nSPS) is 14.5. The van der Waals surface area contributed by atoms with E-state index in [1.165, 1.54) is 29.8 Å². The third-order valence-electron chi connectivity index (χ3n) is 7.11. The number of para-hydroxylation sites is 1. The molecule has 0 N–H and O–H groups in total. The zero-order valence-corrected chi connectivity index (χ0v) is 23.0. The molecule has 0 atom stereocenters. The fraction of sp³-hybridized carbons (Fsp3) is 0.367. The number of nitrogens with zero attached hydrogens (tertiary/aromatic N) is 2. The molecule has 1 heterocycles. The third kappa shape index (κ3) is 6.82. The average Bonchev–Trinajstić information content (AvgIpc) is 2.92. The van der Waals surface area contributed by atoms with Crippen molar-refractivity contribution in [2.75, 3.05) is 31.1 Å². The number of sulfone groups is 1. The van der Waals surface area contributed by atoms with E-state index < -0.39 is 21.6 Å². The van der Waals surface area contributed by atoms with Crippen molar-refractivity contribution < 1.29 is 26.4 Å². The molecule has 9 heteroatoms. The second-order valence-corrected chi connectivity index (χ2v) is 11.9. The molecule has 0 radical (unpaired) electrons. The monoisotopic (exact) mass is 558 g/mol. The Morgan fingerprint density at radius 2 is 1.54 bits per heavy atom. The van der Waals surface area contributed by atoms with Crippen LogP contribution in [0.5, 0.6) is 0 Å². The van der Waals surface area contributed by atoms with Gasteiger partial charge < -0.3 is 9.80 Å². The van der Waals surface area contributed by atoms with E-state index in [1.54, 1.807) is 28.9 Å². The molecular weight excluding hydrogens is 525 g/mol. The van der Waals surface area contributed by atoms with Gasteiger partial charge in [-0.3, -0.25) is 4.79 Å². The predicted octanol–water partition coefficient (Wildman–Crippen LogP) is 6.29. The Morgan fingerprint density at radius 3 is 2.18 bits per heavy atom. The molecule has 0 bridgehead atoms. The molecule has 1 fully saturated rings. The van der Waals surface area contributed by atoms with Crippen LogP contribution in [0.2, 0.25) is 0 Å². The number of hydrogen-bond donors (Lipinski definition) is 0. The quantitative estimate of drug-likeness (QED) is 0.326. The second-order valence-electron chi connectivity index (χ2n) is 9.95. The molecule has 1 amide bonds. The Hall–Kier alpha value is -3.33. The number of unbranched alkanes of at least 4 members (excludes halogenated alkanes) is 1. The minimum atomic E-state index is -4.47. The van der Waals surface area contributed by atoms with Gasteiger partial charge in [-0.25, -0.2) is 8.42 Å². The summed E-state index contributed by atoms with van der Waals surface area (Å²) in [5.41, 5.74) is 2.18. The molecule has 3 aromatic rings. The van der Waals surface area contributed by atoms with Crippen LogP contribution in [0.4, 0.5) is 18.9 Å². The van der Waals surface area contributed by atoms with Gasteiger partial charge >= 0.3 is 6.18 Å². The summed E-state index contributed by atoms with van der Waals surface area (Å²) in [6.45, 7) is 4.81. The maximum absolute atomic E-state index is 13.5. The highest BCUT2D eigenvalue weighted by molar-refractivity contribution is 7.90. The lowest BCUT2D eigenvalue weighted by atomic mass is 10.1. The van der Waals surface area contributed by atoms with Crippen molar-refractivity contribution in [3.63, 3.8) is 0 Å². The fourth-order valence-electron chi connectivity index (χ4n) is 4.82. The van der Waals surface area contributed by atoms with Gasteiger partial charge in [0, 0.05) is 37.4 Å². The maximum atomic E-state index is 13.5. The van der Waals surface area contributed by atoms with Gasteiger partial charge in [-0.1, -0.05) is 55.8 Å². The summed E-state index contributed by atoms with van der Waals surface area (Å²) in [5.74, 6) is -0.497. The highest BCUT2D eigenvalue weighted by Crippen LogP contribution is 2.36. The van der Waals surface area contributed by atoms with Crippen molar-refractivity contribution in [1.29, 1.82) is 0 Å². The van der Waals surface area contributed by atoms with Crippen LogP contribution in [0, 0.1) is 6.92 Å². The number of halogens is 3. The van der Waals surface area contributed by atoms with E-state index in [4.69, 9.17) is 0 Å². The summed E-state index contributed by atoms with van der Waals surface area (Å²) in [4.78, 5) is 16.7. The van der Waals surface area contributed by atoms with Gasteiger partial charge in [-0.2, -0.15) is 13.2 Å². The first-order valence-electron chi connectivity index (χ1n) is 13.1. The van der Waals surface area contributed by atoms with Crippen molar-refractivity contribution in [3.8, 4) is 0 Å². The molecule has 1 aliphatic rings. The fourth-order valence-corrected chi connectivity index (χ4v) is 6.19. The van der Waals surface area contributed by atoms with Crippen LogP contribution in [-0.2, 0) is 28.2 Å². The topological polar surface area (TPSA) is 57.7 Å². The number of alkyl halides is 3. The van der Waals surface area contributed by atoms with Gasteiger partial charge in [0.1, 0.15) is 0 Å². The standard InChI is InChI=1S/C30H33F3N2O3S/c1-3-4-7-23-11-13-24(14-12-23)21-39(37,38)25-15-10-22(2)26(20-25)29(36)35-18-16-34(17-19-35)28-9-6-5-8-27(28)30(31,32)33/h5-6,8-15,20H,3-4,7,16-19,21H2,1-2H3. The first-order chi connectivity index (χ1) is 18.5. The molecule has 5 nitrogen and oxygen atoms in total. The minimum Gasteiger partial charge on any atom is -0.367 e. The van der Waals surface area contributed by atoms with Crippen LogP contribution in [-0.4, -0.2) is 45.4 Å². The number of hydrogen-bond acceptors (Lipinski definition) is 4. The summed E-state index contributed by atoms with van der Waals surface area (Å²) in [5, 5.41) is 0. The van der Waals surface area contributed by atoms with Gasteiger partial charge in [-0.15, -0.1) is 0 Å². The second kappa shape index (κ2) is 11.8. The zero-order chi connectivity index (χ0) is 28.2. The van der Waals surface area contributed by atoms with Crippen LogP contribution in [0.15, 0.2) is 71.6 Å². The van der Waals surface area contributed by atoms with E-state index in [0.717, 1.165) is 25.3 Å². The van der Waals surface area contributed by atoms with Gasteiger partial charge in [0.15, 0.2) is 9.84 Å². The molecule has 3 aromatic carbocycles. The zero-order valence-electron chi connectivity index (χ0n) is 22.2. The van der Waals surface area contributed by atoms with Crippen LogP contribution < -0.4 is 4.90 Å². The molecule has 0 spiro atoms. The number of carbonyl (C=O) groups is 1. The van der Waals surface area contributed by atoms with Crippen LogP contribution >= 0.6 is 0 Å². The van der Waals surface area contributed by atoms with Gasteiger partial charge in [0.2, 0.25) is 0 Å². The average molecular weight is 559 g/mol. The van der Waals surface area contributed by atoms with Crippen molar-refractivity contribution >= 4 is 21.4 Å². The molecule has 4 rings (SSSR count). The molecule has 208 valence electrons. The van der Waals surface area contributed by atoms with Crippen molar-refractivity contribution in [3.05, 3.63) is 94.5 Å². The summed E-state index contributed by atoms with van der Waals surface area (Å²) in [6, 6.07) is 17.6. The smallest absolute Gasteiger partial charge is 0.367 e. The first-order valence-corrected chi connectivity index (χ1v) is 14.8. The van der Waals surface area contributed by atoms with Crippen LogP contribution in [0.25, 0.3) is 0 Å². The molecule has 39 heavy (non-hydrogen) atoms. The molecular formula is C30H33F3N2O3S. The highest BCUT2D eigenvalue weighted by atomic mass is 32.2. The molecule has 1 aliphatic heterocycles. The van der Waals surface area contributed by atoms with Gasteiger partial charge in [0.25, 0.3) is 5.91 Å². The largest absolute Gasteiger partial charge is 0.418 e. The summed E-state index contributed by atoms with van der Waals surface area (Å²) < 4.78 is 66.8. The number of anilines is 1. The molecule has 0 saturated carbocycles. The summed E-state index contributed by atoms with van der Waals surface area (Å²) in [7, 11) is -3.70. The number of benzene rings is 3. The summed E-state index contributed by atoms with van der Waals surface area (Å²) >= 11 is 0. The van der Waals surface area contributed by atoms with E-state index in [2.05, 4.69) is 6.92 Å². The van der Waals surface area contributed by atoms with Crippen LogP contribution in [0.1, 0.15) is 52.4 Å². The van der Waals surface area contributed by atoms with Gasteiger partial charge in [-0.05, 0) is 60.7 Å². The summed E-state index contributed by atoms with van der Waals surface area (Å²) in [6.07, 6.45) is -1.35. The number of aryl methyl sites for hydroxylation is 2. The van der Waals surface area contributed by atoms with Crippen LogP contribution in [0.3, 0.4) is 0 Å². The first kappa shape index (κ1) is 28.7. The SMILES string of the molecule is CCCCc1ccc(CS(=O)(=O)c2ccc(C)c(C(=O)N3CCN(c4ccccc4C(F)(F)F)CC3)c2)cc1.